The van der Waals surface area contributed by atoms with Gasteiger partial charge in [-0.1, -0.05) is 13.8 Å². The molecule has 18 heavy (non-hydrogen) atoms. The minimum absolute atomic E-state index is 0.285. The number of aromatic nitrogens is 2. The monoisotopic (exact) mass is 313 g/mol. The Morgan fingerprint density at radius 2 is 2.17 bits per heavy atom. The van der Waals surface area contributed by atoms with Gasteiger partial charge in [0.1, 0.15) is 5.82 Å². The first kappa shape index (κ1) is 13.3. The summed E-state index contributed by atoms with van der Waals surface area (Å²) in [6, 6.07) is 3.15. The maximum atomic E-state index is 13.6. The fraction of sp³-hybridized carbons (Fsp3) is 0.462. The lowest BCUT2D eigenvalue weighted by molar-refractivity contribution is 0.518. The molecule has 3 nitrogen and oxygen atoms in total. The molecule has 0 saturated carbocycles. The minimum Gasteiger partial charge on any atom is -0.369 e. The van der Waals surface area contributed by atoms with Crippen LogP contribution in [0.1, 0.15) is 26.7 Å². The molecule has 0 bridgehead atoms. The highest BCUT2D eigenvalue weighted by atomic mass is 79.9. The SMILES string of the molecule is CC(C)CCCn1c(N)nc2cc(Br)c(F)cc21. The average Bonchev–Trinajstić information content (AvgIpc) is 2.56. The Kier molecular flexibility index (Phi) is 3.90. The first-order valence-electron chi connectivity index (χ1n) is 6.09. The van der Waals surface area contributed by atoms with E-state index < -0.39 is 0 Å². The molecule has 0 fully saturated rings. The summed E-state index contributed by atoms with van der Waals surface area (Å²) in [5, 5.41) is 0. The van der Waals surface area contributed by atoms with Gasteiger partial charge in [-0.05, 0) is 40.8 Å². The third-order valence-corrected chi connectivity index (χ3v) is 3.59. The number of nitrogens with zero attached hydrogens (tertiary/aromatic N) is 2. The van der Waals surface area contributed by atoms with E-state index >= 15 is 0 Å². The predicted octanol–water partition coefficient (Wildman–Crippen LogP) is 3.96. The Hall–Kier alpha value is -1.10. The van der Waals surface area contributed by atoms with Crippen LogP contribution in [0.5, 0.6) is 0 Å². The van der Waals surface area contributed by atoms with E-state index in [1.165, 1.54) is 6.07 Å². The number of benzene rings is 1. The van der Waals surface area contributed by atoms with Crippen LogP contribution >= 0.6 is 15.9 Å². The van der Waals surface area contributed by atoms with Crippen molar-refractivity contribution < 1.29 is 4.39 Å². The van der Waals surface area contributed by atoms with Crippen LogP contribution in [-0.2, 0) is 6.54 Å². The molecule has 2 N–H and O–H groups in total. The van der Waals surface area contributed by atoms with E-state index in [4.69, 9.17) is 5.73 Å². The van der Waals surface area contributed by atoms with Gasteiger partial charge in [0.05, 0.1) is 15.5 Å². The molecule has 1 heterocycles. The largest absolute Gasteiger partial charge is 0.369 e. The van der Waals surface area contributed by atoms with Crippen LogP contribution in [0.2, 0.25) is 0 Å². The molecule has 2 aromatic rings. The van der Waals surface area contributed by atoms with Gasteiger partial charge < -0.3 is 10.3 Å². The molecule has 0 radical (unpaired) electrons. The molecule has 0 atom stereocenters. The third kappa shape index (κ3) is 2.66. The van der Waals surface area contributed by atoms with Gasteiger partial charge in [0.25, 0.3) is 0 Å². The van der Waals surface area contributed by atoms with Crippen molar-refractivity contribution in [3.05, 3.63) is 22.4 Å². The van der Waals surface area contributed by atoms with Gasteiger partial charge in [0.15, 0.2) is 0 Å². The van der Waals surface area contributed by atoms with Crippen LogP contribution in [0, 0.1) is 11.7 Å². The van der Waals surface area contributed by atoms with Crippen molar-refractivity contribution in [3.63, 3.8) is 0 Å². The molecule has 1 aromatic carbocycles. The predicted molar refractivity (Wildman–Crippen MR) is 75.9 cm³/mol. The molecule has 0 aliphatic carbocycles. The number of halogens is 2. The molecule has 0 aliphatic heterocycles. The summed E-state index contributed by atoms with van der Waals surface area (Å²) in [4.78, 5) is 4.26. The average molecular weight is 314 g/mol. The van der Waals surface area contributed by atoms with E-state index in [1.807, 2.05) is 4.57 Å². The van der Waals surface area contributed by atoms with E-state index in [1.54, 1.807) is 6.07 Å². The van der Waals surface area contributed by atoms with Crippen molar-refractivity contribution in [1.29, 1.82) is 0 Å². The quantitative estimate of drug-likeness (QED) is 0.928. The van der Waals surface area contributed by atoms with Gasteiger partial charge >= 0.3 is 0 Å². The zero-order valence-electron chi connectivity index (χ0n) is 10.6. The Morgan fingerprint density at radius 1 is 1.44 bits per heavy atom. The highest BCUT2D eigenvalue weighted by molar-refractivity contribution is 9.10. The van der Waals surface area contributed by atoms with Crippen LogP contribution in [0.3, 0.4) is 0 Å². The van der Waals surface area contributed by atoms with Crippen LogP contribution in [0.25, 0.3) is 11.0 Å². The van der Waals surface area contributed by atoms with Crippen molar-refractivity contribution in [2.75, 3.05) is 5.73 Å². The highest BCUT2D eigenvalue weighted by Gasteiger charge is 2.11. The van der Waals surface area contributed by atoms with E-state index in [0.29, 0.717) is 16.3 Å². The lowest BCUT2D eigenvalue weighted by Gasteiger charge is -2.08. The number of hydrogen-bond acceptors (Lipinski definition) is 2. The van der Waals surface area contributed by atoms with Crippen LogP contribution in [-0.4, -0.2) is 9.55 Å². The lowest BCUT2D eigenvalue weighted by Crippen LogP contribution is -2.04. The fourth-order valence-electron chi connectivity index (χ4n) is 2.03. The number of anilines is 1. The lowest BCUT2D eigenvalue weighted by atomic mass is 10.1. The summed E-state index contributed by atoms with van der Waals surface area (Å²) < 4.78 is 15.9. The molecular formula is C13H17BrFN3. The van der Waals surface area contributed by atoms with E-state index in [9.17, 15) is 4.39 Å². The second kappa shape index (κ2) is 5.26. The zero-order chi connectivity index (χ0) is 13.3. The summed E-state index contributed by atoms with van der Waals surface area (Å²) in [6.07, 6.45) is 2.14. The zero-order valence-corrected chi connectivity index (χ0v) is 12.2. The Labute approximate surface area is 114 Å². The van der Waals surface area contributed by atoms with Crippen LogP contribution in [0.15, 0.2) is 16.6 Å². The molecule has 0 aliphatic rings. The normalized spacial score (nSPS) is 11.6. The Morgan fingerprint density at radius 3 is 2.83 bits per heavy atom. The van der Waals surface area contributed by atoms with Crippen LogP contribution in [0.4, 0.5) is 10.3 Å². The highest BCUT2D eigenvalue weighted by Crippen LogP contribution is 2.25. The molecule has 0 unspecified atom stereocenters. The molecule has 5 heteroatoms. The van der Waals surface area contributed by atoms with Crippen LogP contribution < -0.4 is 5.73 Å². The Bertz CT molecular complexity index is 563. The number of aryl methyl sites for hydroxylation is 1. The van der Waals surface area contributed by atoms with Crippen molar-refractivity contribution in [2.24, 2.45) is 5.92 Å². The Balaban J connectivity index is 2.31. The number of imidazole rings is 1. The number of nitrogen functional groups attached to an aromatic ring is 1. The maximum absolute atomic E-state index is 13.6. The molecule has 0 spiro atoms. The first-order chi connectivity index (χ1) is 8.49. The molecule has 1 aromatic heterocycles. The standard InChI is InChI=1S/C13H17BrFN3/c1-8(2)4-3-5-18-12-7-10(15)9(14)6-11(12)17-13(18)16/h6-8H,3-5H2,1-2H3,(H2,16,17). The summed E-state index contributed by atoms with van der Waals surface area (Å²) in [7, 11) is 0. The van der Waals surface area contributed by atoms with E-state index in [-0.39, 0.29) is 5.82 Å². The van der Waals surface area contributed by atoms with E-state index in [0.717, 1.165) is 30.4 Å². The second-order valence-electron chi connectivity index (χ2n) is 4.91. The van der Waals surface area contributed by atoms with Crippen molar-refractivity contribution >= 4 is 32.9 Å². The van der Waals surface area contributed by atoms with Crippen molar-refractivity contribution in [1.82, 2.24) is 9.55 Å². The summed E-state index contributed by atoms with van der Waals surface area (Å²) in [5.41, 5.74) is 7.37. The van der Waals surface area contributed by atoms with Gasteiger partial charge in [0, 0.05) is 12.6 Å². The molecule has 0 amide bonds. The third-order valence-electron chi connectivity index (χ3n) is 2.98. The number of rotatable bonds is 4. The second-order valence-corrected chi connectivity index (χ2v) is 5.77. The number of hydrogen-bond donors (Lipinski definition) is 1. The van der Waals surface area contributed by atoms with Gasteiger partial charge in [-0.3, -0.25) is 0 Å². The maximum Gasteiger partial charge on any atom is 0.201 e. The molecule has 98 valence electrons. The number of fused-ring (bicyclic) bond motifs is 1. The summed E-state index contributed by atoms with van der Waals surface area (Å²) in [5.74, 6) is 0.825. The van der Waals surface area contributed by atoms with Gasteiger partial charge in [0.2, 0.25) is 5.95 Å². The smallest absolute Gasteiger partial charge is 0.201 e. The van der Waals surface area contributed by atoms with Crippen molar-refractivity contribution in [2.45, 2.75) is 33.2 Å². The molecule has 2 rings (SSSR count). The minimum atomic E-state index is -0.285. The van der Waals surface area contributed by atoms with Gasteiger partial charge in [-0.25, -0.2) is 9.37 Å². The summed E-state index contributed by atoms with van der Waals surface area (Å²) in [6.45, 7) is 5.15. The first-order valence-corrected chi connectivity index (χ1v) is 6.89. The van der Waals surface area contributed by atoms with Crippen molar-refractivity contribution in [3.8, 4) is 0 Å². The van der Waals surface area contributed by atoms with E-state index in [2.05, 4.69) is 34.8 Å². The molecule has 0 saturated heterocycles. The van der Waals surface area contributed by atoms with Gasteiger partial charge in [-0.2, -0.15) is 0 Å². The number of nitrogens with two attached hydrogens (primary N) is 1. The molecular weight excluding hydrogens is 297 g/mol. The summed E-state index contributed by atoms with van der Waals surface area (Å²) >= 11 is 3.16. The fourth-order valence-corrected chi connectivity index (χ4v) is 2.36. The topological polar surface area (TPSA) is 43.8 Å². The van der Waals surface area contributed by atoms with Gasteiger partial charge in [-0.15, -0.1) is 0 Å².